The Kier molecular flexibility index (Phi) is 8.37. The van der Waals surface area contributed by atoms with Gasteiger partial charge in [-0.05, 0) is 39.0 Å². The fourth-order valence-corrected chi connectivity index (χ4v) is 3.55. The topological polar surface area (TPSA) is 71.1 Å². The maximum atomic E-state index is 12.4. The third-order valence-corrected chi connectivity index (χ3v) is 5.37. The van der Waals surface area contributed by atoms with E-state index in [-0.39, 0.29) is 18.2 Å². The SMILES string of the molecule is CCOP(=O)(OCC)[C@@H](C)OC(=O)COc1ccc(Cl)cc1Cl. The van der Waals surface area contributed by atoms with Gasteiger partial charge in [-0.25, -0.2) is 4.79 Å². The van der Waals surface area contributed by atoms with Gasteiger partial charge in [0.1, 0.15) is 5.75 Å². The zero-order valence-corrected chi connectivity index (χ0v) is 15.5. The van der Waals surface area contributed by atoms with Crippen molar-refractivity contribution in [2.75, 3.05) is 19.8 Å². The van der Waals surface area contributed by atoms with Crippen LogP contribution in [-0.4, -0.2) is 31.6 Å². The van der Waals surface area contributed by atoms with Crippen molar-refractivity contribution in [1.82, 2.24) is 0 Å². The van der Waals surface area contributed by atoms with Crippen LogP contribution in [0.25, 0.3) is 0 Å². The fourth-order valence-electron chi connectivity index (χ4n) is 1.62. The van der Waals surface area contributed by atoms with Gasteiger partial charge in [0.25, 0.3) is 0 Å². The van der Waals surface area contributed by atoms with E-state index in [0.29, 0.717) is 10.8 Å². The molecule has 0 saturated heterocycles. The predicted molar refractivity (Wildman–Crippen MR) is 88.4 cm³/mol. The Balaban J connectivity index is 2.59. The van der Waals surface area contributed by atoms with Crippen LogP contribution in [0.4, 0.5) is 0 Å². The van der Waals surface area contributed by atoms with Gasteiger partial charge in [-0.15, -0.1) is 0 Å². The summed E-state index contributed by atoms with van der Waals surface area (Å²) < 4.78 is 32.9. The van der Waals surface area contributed by atoms with Crippen molar-refractivity contribution in [3.8, 4) is 5.75 Å². The van der Waals surface area contributed by atoms with Crippen LogP contribution in [0.1, 0.15) is 20.8 Å². The van der Waals surface area contributed by atoms with Gasteiger partial charge in [0.2, 0.25) is 0 Å². The molecule has 1 rings (SSSR count). The molecule has 6 nitrogen and oxygen atoms in total. The first-order chi connectivity index (χ1) is 10.8. The van der Waals surface area contributed by atoms with Crippen molar-refractivity contribution in [1.29, 1.82) is 0 Å². The summed E-state index contributed by atoms with van der Waals surface area (Å²) in [6.07, 6.45) is 0. The Morgan fingerprint density at radius 1 is 1.22 bits per heavy atom. The van der Waals surface area contributed by atoms with E-state index in [1.165, 1.54) is 19.1 Å². The van der Waals surface area contributed by atoms with Crippen LogP contribution in [0.15, 0.2) is 18.2 Å². The monoisotopic (exact) mass is 384 g/mol. The summed E-state index contributed by atoms with van der Waals surface area (Å²) in [7, 11) is -3.52. The summed E-state index contributed by atoms with van der Waals surface area (Å²) in [6, 6.07) is 4.60. The lowest BCUT2D eigenvalue weighted by Gasteiger charge is -2.23. The molecule has 0 N–H and O–H groups in total. The van der Waals surface area contributed by atoms with E-state index >= 15 is 0 Å². The average Bonchev–Trinajstić information content (AvgIpc) is 2.46. The van der Waals surface area contributed by atoms with Crippen LogP contribution in [0.3, 0.4) is 0 Å². The molecule has 0 aliphatic rings. The minimum absolute atomic E-state index is 0.177. The number of esters is 1. The highest BCUT2D eigenvalue weighted by atomic mass is 35.5. The van der Waals surface area contributed by atoms with Crippen molar-refractivity contribution < 1.29 is 27.9 Å². The Morgan fingerprint density at radius 2 is 1.83 bits per heavy atom. The van der Waals surface area contributed by atoms with Gasteiger partial charge in [0.15, 0.2) is 12.5 Å². The van der Waals surface area contributed by atoms with Crippen LogP contribution < -0.4 is 4.74 Å². The predicted octanol–water partition coefficient (Wildman–Crippen LogP) is 4.53. The third kappa shape index (κ3) is 6.32. The molecule has 0 aliphatic heterocycles. The number of hydrogen-bond acceptors (Lipinski definition) is 6. The molecule has 9 heteroatoms. The second-order valence-corrected chi connectivity index (χ2v) is 7.49. The molecular weight excluding hydrogens is 366 g/mol. The van der Waals surface area contributed by atoms with Gasteiger partial charge in [0.05, 0.1) is 18.2 Å². The number of rotatable bonds is 9. The summed E-state index contributed by atoms with van der Waals surface area (Å²) in [5.74, 6) is -1.47. The van der Waals surface area contributed by atoms with Crippen molar-refractivity contribution in [3.63, 3.8) is 0 Å². The molecule has 0 spiro atoms. The van der Waals surface area contributed by atoms with Gasteiger partial charge in [-0.1, -0.05) is 23.2 Å². The number of carbonyl (C=O) groups excluding carboxylic acids is 1. The third-order valence-electron chi connectivity index (χ3n) is 2.60. The molecule has 1 aromatic carbocycles. The first kappa shape index (κ1) is 20.3. The van der Waals surface area contributed by atoms with Crippen molar-refractivity contribution in [2.24, 2.45) is 0 Å². The second-order valence-electron chi connectivity index (χ2n) is 4.33. The van der Waals surface area contributed by atoms with Gasteiger partial charge < -0.3 is 18.5 Å². The zero-order chi connectivity index (χ0) is 17.5. The lowest BCUT2D eigenvalue weighted by molar-refractivity contribution is -0.148. The molecule has 0 bridgehead atoms. The van der Waals surface area contributed by atoms with E-state index in [1.807, 2.05) is 0 Å². The number of carbonyl (C=O) groups is 1. The number of benzene rings is 1. The molecular formula is C14H19Cl2O6P. The van der Waals surface area contributed by atoms with Crippen LogP contribution in [-0.2, 0) is 23.1 Å². The summed E-state index contributed by atoms with van der Waals surface area (Å²) in [4.78, 5) is 11.8. The van der Waals surface area contributed by atoms with Gasteiger partial charge in [-0.2, -0.15) is 0 Å². The highest BCUT2D eigenvalue weighted by Crippen LogP contribution is 2.53. The van der Waals surface area contributed by atoms with Crippen LogP contribution >= 0.6 is 30.8 Å². The van der Waals surface area contributed by atoms with Gasteiger partial charge in [0, 0.05) is 5.02 Å². The standard InChI is InChI=1S/C14H19Cl2O6P/c1-4-20-23(18,21-5-2)10(3)22-14(17)9-19-13-7-6-11(15)8-12(13)16/h6-8,10H,4-5,9H2,1-3H3/t10-/m0/s1. The highest BCUT2D eigenvalue weighted by molar-refractivity contribution is 7.54. The van der Waals surface area contributed by atoms with Crippen molar-refractivity contribution in [3.05, 3.63) is 28.2 Å². The Morgan fingerprint density at radius 3 is 2.35 bits per heavy atom. The largest absolute Gasteiger partial charge is 0.480 e. The molecule has 23 heavy (non-hydrogen) atoms. The minimum Gasteiger partial charge on any atom is -0.480 e. The molecule has 0 aliphatic carbocycles. The number of ether oxygens (including phenoxy) is 2. The van der Waals surface area contributed by atoms with Crippen LogP contribution in [0.5, 0.6) is 5.75 Å². The maximum Gasteiger partial charge on any atom is 0.370 e. The first-order valence-corrected chi connectivity index (χ1v) is 9.35. The average molecular weight is 385 g/mol. The van der Waals surface area contributed by atoms with Gasteiger partial charge >= 0.3 is 13.6 Å². The Hall–Kier alpha value is -0.780. The van der Waals surface area contributed by atoms with E-state index in [1.54, 1.807) is 19.9 Å². The lowest BCUT2D eigenvalue weighted by Crippen LogP contribution is -2.22. The summed E-state index contributed by atoms with van der Waals surface area (Å²) in [5, 5.41) is 0.723. The quantitative estimate of drug-likeness (QED) is 0.460. The maximum absolute atomic E-state index is 12.4. The molecule has 130 valence electrons. The van der Waals surface area contributed by atoms with Crippen molar-refractivity contribution >= 4 is 36.8 Å². The number of hydrogen-bond donors (Lipinski definition) is 0. The molecule has 0 radical (unpaired) electrons. The smallest absolute Gasteiger partial charge is 0.370 e. The van der Waals surface area contributed by atoms with E-state index in [0.717, 1.165) is 0 Å². The van der Waals surface area contributed by atoms with E-state index < -0.39 is 26.0 Å². The lowest BCUT2D eigenvalue weighted by atomic mass is 10.3. The molecule has 0 amide bonds. The number of halogens is 2. The molecule has 0 aromatic heterocycles. The molecule has 0 heterocycles. The molecule has 0 saturated carbocycles. The normalized spacial score (nSPS) is 12.7. The summed E-state index contributed by atoms with van der Waals surface area (Å²) >= 11 is 11.7. The zero-order valence-electron chi connectivity index (χ0n) is 13.1. The molecule has 0 unspecified atom stereocenters. The van der Waals surface area contributed by atoms with Crippen molar-refractivity contribution in [2.45, 2.75) is 26.6 Å². The van der Waals surface area contributed by atoms with E-state index in [2.05, 4.69) is 0 Å². The van der Waals surface area contributed by atoms with E-state index in [4.69, 9.17) is 41.7 Å². The van der Waals surface area contributed by atoms with Gasteiger partial charge in [-0.3, -0.25) is 4.57 Å². The van der Waals surface area contributed by atoms with Crippen LogP contribution in [0.2, 0.25) is 10.0 Å². The Bertz CT molecular complexity index is 570. The molecule has 0 fully saturated rings. The molecule has 1 atom stereocenters. The second kappa shape index (κ2) is 9.50. The highest BCUT2D eigenvalue weighted by Gasteiger charge is 2.35. The fraction of sp³-hybridized carbons (Fsp3) is 0.500. The minimum atomic E-state index is -3.52. The van der Waals surface area contributed by atoms with E-state index in [9.17, 15) is 9.36 Å². The summed E-state index contributed by atoms with van der Waals surface area (Å²) in [5.41, 5.74) is 0. The first-order valence-electron chi connectivity index (χ1n) is 6.98. The van der Waals surface area contributed by atoms with Crippen LogP contribution in [0, 0.1) is 0 Å². The summed E-state index contributed by atoms with van der Waals surface area (Å²) in [6.45, 7) is 4.74. The Labute approximate surface area is 145 Å². The molecule has 1 aromatic rings.